The van der Waals surface area contributed by atoms with E-state index in [0.29, 0.717) is 0 Å². The third-order valence-corrected chi connectivity index (χ3v) is 4.02. The first kappa shape index (κ1) is 14.3. The highest BCUT2D eigenvalue weighted by Gasteiger charge is 2.19. The quantitative estimate of drug-likeness (QED) is 0.835. The second-order valence-electron chi connectivity index (χ2n) is 5.62. The van der Waals surface area contributed by atoms with Crippen molar-refractivity contribution in [3.05, 3.63) is 35.5 Å². The monoisotopic (exact) mass is 289 g/mol. The summed E-state index contributed by atoms with van der Waals surface area (Å²) < 4.78 is 7.20. The van der Waals surface area contributed by atoms with E-state index in [1.165, 1.54) is 5.69 Å². The van der Waals surface area contributed by atoms with Crippen molar-refractivity contribution in [1.82, 2.24) is 24.7 Å². The van der Waals surface area contributed by atoms with Crippen LogP contribution in [0.15, 0.2) is 22.9 Å². The molecular formula is C15H23N5O. The maximum Gasteiger partial charge on any atom is 0.133 e. The summed E-state index contributed by atoms with van der Waals surface area (Å²) in [6, 6.07) is 4.14. The minimum Gasteiger partial charge on any atom is -0.361 e. The van der Waals surface area contributed by atoms with Crippen molar-refractivity contribution in [1.29, 1.82) is 0 Å². The third-order valence-electron chi connectivity index (χ3n) is 4.02. The van der Waals surface area contributed by atoms with Crippen LogP contribution in [-0.4, -0.2) is 50.9 Å². The van der Waals surface area contributed by atoms with E-state index in [1.54, 1.807) is 0 Å². The summed E-state index contributed by atoms with van der Waals surface area (Å²) in [6.45, 7) is 11.2. The molecule has 0 radical (unpaired) electrons. The van der Waals surface area contributed by atoms with Gasteiger partial charge in [0.25, 0.3) is 0 Å². The van der Waals surface area contributed by atoms with Gasteiger partial charge in [0.1, 0.15) is 5.76 Å². The summed E-state index contributed by atoms with van der Waals surface area (Å²) in [4.78, 5) is 4.93. The number of rotatable bonds is 5. The predicted octanol–water partition coefficient (Wildman–Crippen LogP) is 1.52. The Bertz CT molecular complexity index is 568. The van der Waals surface area contributed by atoms with E-state index in [2.05, 4.69) is 37.7 Å². The van der Waals surface area contributed by atoms with E-state index in [0.717, 1.165) is 57.3 Å². The summed E-state index contributed by atoms with van der Waals surface area (Å²) in [5.74, 6) is 0.886. The Morgan fingerprint density at radius 2 is 1.86 bits per heavy atom. The highest BCUT2D eigenvalue weighted by molar-refractivity contribution is 5.04. The molecule has 6 nitrogen and oxygen atoms in total. The van der Waals surface area contributed by atoms with Crippen LogP contribution in [0.3, 0.4) is 0 Å². The number of aromatic nitrogens is 3. The third kappa shape index (κ3) is 3.51. The maximum absolute atomic E-state index is 5.13. The fraction of sp³-hybridized carbons (Fsp3) is 0.600. The first-order valence-electron chi connectivity index (χ1n) is 7.62. The summed E-state index contributed by atoms with van der Waals surface area (Å²) >= 11 is 0. The second kappa shape index (κ2) is 6.41. The molecule has 1 fully saturated rings. The van der Waals surface area contributed by atoms with Gasteiger partial charge in [-0.25, -0.2) is 0 Å². The lowest BCUT2D eigenvalue weighted by atomic mass is 10.2. The Kier molecular flexibility index (Phi) is 4.36. The normalized spacial score (nSPS) is 17.4. The van der Waals surface area contributed by atoms with Crippen LogP contribution in [0.25, 0.3) is 0 Å². The molecule has 114 valence electrons. The van der Waals surface area contributed by atoms with Gasteiger partial charge in [-0.3, -0.25) is 14.5 Å². The van der Waals surface area contributed by atoms with Gasteiger partial charge < -0.3 is 4.52 Å². The van der Waals surface area contributed by atoms with E-state index in [-0.39, 0.29) is 0 Å². The molecule has 3 heterocycles. The molecule has 1 aliphatic rings. The zero-order valence-corrected chi connectivity index (χ0v) is 12.8. The largest absolute Gasteiger partial charge is 0.361 e. The highest BCUT2D eigenvalue weighted by Crippen LogP contribution is 2.11. The van der Waals surface area contributed by atoms with Gasteiger partial charge in [-0.05, 0) is 19.9 Å². The fourth-order valence-corrected chi connectivity index (χ4v) is 2.84. The predicted molar refractivity (Wildman–Crippen MR) is 79.7 cm³/mol. The second-order valence-corrected chi connectivity index (χ2v) is 5.62. The van der Waals surface area contributed by atoms with Crippen LogP contribution in [-0.2, 0) is 19.6 Å². The molecule has 0 bridgehead atoms. The summed E-state index contributed by atoms with van der Waals surface area (Å²) in [5.41, 5.74) is 2.34. The van der Waals surface area contributed by atoms with Gasteiger partial charge in [0.15, 0.2) is 0 Å². The minimum atomic E-state index is 0.886. The number of nitrogens with zero attached hydrogens (tertiary/aromatic N) is 5. The molecule has 6 heteroatoms. The van der Waals surface area contributed by atoms with Crippen molar-refractivity contribution >= 4 is 0 Å². The number of aryl methyl sites for hydroxylation is 2. The smallest absolute Gasteiger partial charge is 0.133 e. The standard InChI is InChI=1S/C15H23N5O/c1-3-20-15(4-5-16-20)12-19-8-6-18(7-9-19)11-14-10-13(2)21-17-14/h4-5,10H,3,6-9,11-12H2,1-2H3. The first-order chi connectivity index (χ1) is 10.2. The highest BCUT2D eigenvalue weighted by atomic mass is 16.5. The van der Waals surface area contributed by atoms with E-state index < -0.39 is 0 Å². The van der Waals surface area contributed by atoms with Gasteiger partial charge in [0.2, 0.25) is 0 Å². The average Bonchev–Trinajstić information content (AvgIpc) is 3.10. The zero-order chi connectivity index (χ0) is 14.7. The minimum absolute atomic E-state index is 0.886. The van der Waals surface area contributed by atoms with E-state index in [1.807, 2.05) is 19.2 Å². The Hall–Kier alpha value is -1.66. The van der Waals surface area contributed by atoms with Gasteiger partial charge in [0, 0.05) is 58.1 Å². The van der Waals surface area contributed by atoms with Gasteiger partial charge in [-0.1, -0.05) is 5.16 Å². The average molecular weight is 289 g/mol. The van der Waals surface area contributed by atoms with Crippen molar-refractivity contribution in [3.8, 4) is 0 Å². The molecule has 0 aromatic carbocycles. The molecule has 2 aromatic rings. The molecule has 0 atom stereocenters. The molecule has 0 spiro atoms. The van der Waals surface area contributed by atoms with Crippen molar-refractivity contribution in [3.63, 3.8) is 0 Å². The number of piperazine rings is 1. The van der Waals surface area contributed by atoms with Crippen molar-refractivity contribution in [2.75, 3.05) is 26.2 Å². The van der Waals surface area contributed by atoms with Crippen LogP contribution in [0, 0.1) is 6.92 Å². The Morgan fingerprint density at radius 1 is 1.14 bits per heavy atom. The van der Waals surface area contributed by atoms with Gasteiger partial charge in [-0.15, -0.1) is 0 Å². The molecule has 21 heavy (non-hydrogen) atoms. The molecule has 1 aliphatic heterocycles. The fourth-order valence-electron chi connectivity index (χ4n) is 2.84. The van der Waals surface area contributed by atoms with Crippen LogP contribution in [0.5, 0.6) is 0 Å². The van der Waals surface area contributed by atoms with Crippen LogP contribution >= 0.6 is 0 Å². The maximum atomic E-state index is 5.13. The van der Waals surface area contributed by atoms with Gasteiger partial charge in [-0.2, -0.15) is 5.10 Å². The lowest BCUT2D eigenvalue weighted by Crippen LogP contribution is -2.45. The molecule has 0 unspecified atom stereocenters. The molecule has 1 saturated heterocycles. The Morgan fingerprint density at radius 3 is 2.48 bits per heavy atom. The van der Waals surface area contributed by atoms with E-state index >= 15 is 0 Å². The van der Waals surface area contributed by atoms with E-state index in [9.17, 15) is 0 Å². The topological polar surface area (TPSA) is 50.3 Å². The summed E-state index contributed by atoms with van der Waals surface area (Å²) in [7, 11) is 0. The Labute approximate surface area is 125 Å². The number of hydrogen-bond donors (Lipinski definition) is 0. The van der Waals surface area contributed by atoms with Crippen molar-refractivity contribution < 1.29 is 4.52 Å². The van der Waals surface area contributed by atoms with E-state index in [4.69, 9.17) is 4.52 Å². The lowest BCUT2D eigenvalue weighted by Gasteiger charge is -2.34. The SMILES string of the molecule is CCn1nccc1CN1CCN(Cc2cc(C)on2)CC1. The molecule has 0 aliphatic carbocycles. The molecule has 0 saturated carbocycles. The molecule has 3 rings (SSSR count). The molecule has 0 N–H and O–H groups in total. The lowest BCUT2D eigenvalue weighted by molar-refractivity contribution is 0.117. The van der Waals surface area contributed by atoms with Crippen LogP contribution in [0.1, 0.15) is 24.1 Å². The number of hydrogen-bond acceptors (Lipinski definition) is 5. The van der Waals surface area contributed by atoms with Crippen LogP contribution in [0.4, 0.5) is 0 Å². The van der Waals surface area contributed by atoms with Crippen molar-refractivity contribution in [2.24, 2.45) is 0 Å². The molecular weight excluding hydrogens is 266 g/mol. The molecule has 2 aromatic heterocycles. The Balaban J connectivity index is 1.49. The zero-order valence-electron chi connectivity index (χ0n) is 12.8. The molecule has 0 amide bonds. The van der Waals surface area contributed by atoms with Gasteiger partial charge in [0.05, 0.1) is 11.4 Å². The first-order valence-corrected chi connectivity index (χ1v) is 7.62. The van der Waals surface area contributed by atoms with Crippen molar-refractivity contribution in [2.45, 2.75) is 33.5 Å². The van der Waals surface area contributed by atoms with Crippen LogP contribution < -0.4 is 0 Å². The van der Waals surface area contributed by atoms with Crippen LogP contribution in [0.2, 0.25) is 0 Å². The summed E-state index contributed by atoms with van der Waals surface area (Å²) in [5, 5.41) is 8.40. The summed E-state index contributed by atoms with van der Waals surface area (Å²) in [6.07, 6.45) is 1.89. The van der Waals surface area contributed by atoms with Gasteiger partial charge >= 0.3 is 0 Å².